The molecule has 0 radical (unpaired) electrons. The number of pyridine rings is 1. The maximum atomic E-state index is 12.6. The molecule has 0 aliphatic carbocycles. The largest absolute Gasteiger partial charge is 0.456 e. The fourth-order valence-electron chi connectivity index (χ4n) is 2.08. The van der Waals surface area contributed by atoms with Crippen LogP contribution in [0.4, 0.5) is 0 Å². The lowest BCUT2D eigenvalue weighted by atomic mass is 10.2. The summed E-state index contributed by atoms with van der Waals surface area (Å²) in [5.74, 6) is -0.985. The molecule has 0 aliphatic rings. The second-order valence-corrected chi connectivity index (χ2v) is 9.30. The van der Waals surface area contributed by atoms with E-state index in [0.29, 0.717) is 16.8 Å². The summed E-state index contributed by atoms with van der Waals surface area (Å²) in [6, 6.07) is 11.6. The van der Waals surface area contributed by atoms with E-state index in [1.165, 1.54) is 12.5 Å². The van der Waals surface area contributed by atoms with Gasteiger partial charge in [-0.3, -0.25) is 9.78 Å². The zero-order valence-corrected chi connectivity index (χ0v) is 16.1. The summed E-state index contributed by atoms with van der Waals surface area (Å²) < 4.78 is 21.7. The number of hydrogen-bond acceptors (Lipinski definition) is 5. The Labute approximate surface area is 153 Å². The van der Waals surface area contributed by atoms with E-state index in [-0.39, 0.29) is 5.75 Å². The van der Waals surface area contributed by atoms with Gasteiger partial charge >= 0.3 is 5.97 Å². The number of carbonyl (C=O) groups excluding carboxylic acids is 2. The lowest BCUT2D eigenvalue weighted by Crippen LogP contribution is -2.24. The van der Waals surface area contributed by atoms with Crippen molar-refractivity contribution in [1.29, 1.82) is 0 Å². The molecule has 1 aromatic heterocycles. The number of ether oxygens (including phenoxy) is 1. The summed E-state index contributed by atoms with van der Waals surface area (Å²) in [6.45, 7) is 5.35. The molecule has 0 bridgehead atoms. The van der Waals surface area contributed by atoms with E-state index < -0.39 is 27.2 Å². The first-order valence-corrected chi connectivity index (χ1v) is 10.1. The number of hydrogen-bond donors (Lipinski definition) is 0. The molecule has 0 N–H and O–H groups in total. The highest BCUT2D eigenvalue weighted by Gasteiger charge is 2.18. The number of carbonyl (C=O) groups is 2. The first-order valence-electron chi connectivity index (χ1n) is 8.03. The Balaban J connectivity index is 2.12. The average Bonchev–Trinajstić information content (AvgIpc) is 2.54. The topological polar surface area (TPSA) is 85.7 Å². The Morgan fingerprint density at radius 2 is 1.73 bits per heavy atom. The van der Waals surface area contributed by atoms with Gasteiger partial charge in [0.05, 0.1) is 26.7 Å². The second-order valence-electron chi connectivity index (χ2n) is 6.91. The van der Waals surface area contributed by atoms with E-state index in [1.807, 2.05) is 0 Å². The van der Waals surface area contributed by atoms with Crippen molar-refractivity contribution in [3.8, 4) is 0 Å². The van der Waals surface area contributed by atoms with Crippen molar-refractivity contribution in [2.75, 3.05) is 6.26 Å². The number of esters is 1. The van der Waals surface area contributed by atoms with Crippen molar-refractivity contribution in [2.24, 2.45) is 4.36 Å². The fraction of sp³-hybridized carbons (Fsp3) is 0.316. The van der Waals surface area contributed by atoms with Crippen molar-refractivity contribution >= 4 is 21.6 Å². The van der Waals surface area contributed by atoms with Gasteiger partial charge in [0.2, 0.25) is 0 Å². The molecule has 7 heteroatoms. The molecule has 0 spiro atoms. The van der Waals surface area contributed by atoms with Gasteiger partial charge in [0.15, 0.2) is 0 Å². The van der Waals surface area contributed by atoms with E-state index in [1.54, 1.807) is 63.2 Å². The molecular weight excluding hydrogens is 352 g/mol. The van der Waals surface area contributed by atoms with Crippen LogP contribution in [0.1, 0.15) is 47.2 Å². The standard InChI is InChI=1S/C19H22N2O4S/c1-19(2,3)25-18(23)15-10-11-16(20-12-15)13-26(4,24)21-17(22)14-8-6-5-7-9-14/h5-12H,13H2,1-4H3. The number of benzene rings is 1. The summed E-state index contributed by atoms with van der Waals surface area (Å²) in [4.78, 5) is 28.2. The van der Waals surface area contributed by atoms with Crippen molar-refractivity contribution in [1.82, 2.24) is 4.98 Å². The van der Waals surface area contributed by atoms with Crippen molar-refractivity contribution in [2.45, 2.75) is 32.1 Å². The van der Waals surface area contributed by atoms with Crippen molar-refractivity contribution in [3.05, 3.63) is 65.5 Å². The molecule has 0 saturated carbocycles. The van der Waals surface area contributed by atoms with E-state index in [0.717, 1.165) is 0 Å². The zero-order valence-electron chi connectivity index (χ0n) is 15.3. The zero-order chi connectivity index (χ0) is 19.4. The molecule has 1 heterocycles. The van der Waals surface area contributed by atoms with E-state index in [4.69, 9.17) is 4.74 Å². The summed E-state index contributed by atoms with van der Waals surface area (Å²) >= 11 is 0. The summed E-state index contributed by atoms with van der Waals surface area (Å²) in [5, 5.41) is 0. The van der Waals surface area contributed by atoms with Gasteiger partial charge < -0.3 is 4.74 Å². The Bertz CT molecular complexity index is 907. The third-order valence-electron chi connectivity index (χ3n) is 3.17. The number of aromatic nitrogens is 1. The summed E-state index contributed by atoms with van der Waals surface area (Å²) in [7, 11) is -2.80. The highest BCUT2D eigenvalue weighted by Crippen LogP contribution is 2.13. The fourth-order valence-corrected chi connectivity index (χ4v) is 3.32. The van der Waals surface area contributed by atoms with Gasteiger partial charge in [-0.15, -0.1) is 0 Å². The molecule has 1 amide bonds. The Hall–Kier alpha value is -2.54. The highest BCUT2D eigenvalue weighted by molar-refractivity contribution is 7.92. The Kier molecular flexibility index (Phi) is 5.92. The lowest BCUT2D eigenvalue weighted by Gasteiger charge is -2.19. The minimum absolute atomic E-state index is 0.0141. The molecule has 1 aromatic carbocycles. The second kappa shape index (κ2) is 7.78. The molecule has 6 nitrogen and oxygen atoms in total. The third-order valence-corrected chi connectivity index (χ3v) is 4.56. The predicted octanol–water partition coefficient (Wildman–Crippen LogP) is 3.48. The van der Waals surface area contributed by atoms with Gasteiger partial charge in [-0.2, -0.15) is 4.36 Å². The van der Waals surface area contributed by atoms with Crippen LogP contribution in [0, 0.1) is 0 Å². The van der Waals surface area contributed by atoms with Crippen LogP contribution in [0.3, 0.4) is 0 Å². The molecule has 0 aliphatic heterocycles. The van der Waals surface area contributed by atoms with Gasteiger partial charge in [0, 0.05) is 18.0 Å². The number of nitrogens with zero attached hydrogens (tertiary/aromatic N) is 2. The molecular formula is C19H22N2O4S. The van der Waals surface area contributed by atoms with Crippen LogP contribution in [0.15, 0.2) is 53.0 Å². The minimum Gasteiger partial charge on any atom is -0.456 e. The smallest absolute Gasteiger partial charge is 0.340 e. The first-order chi connectivity index (χ1) is 12.1. The van der Waals surface area contributed by atoms with E-state index in [2.05, 4.69) is 9.35 Å². The number of rotatable bonds is 4. The van der Waals surface area contributed by atoms with Crippen LogP contribution in [-0.4, -0.2) is 32.9 Å². The SMILES string of the molecule is CC(C)(C)OC(=O)c1ccc(CS(C)(=O)=NC(=O)c2ccccc2)nc1. The van der Waals surface area contributed by atoms with Crippen LogP contribution >= 0.6 is 0 Å². The maximum absolute atomic E-state index is 12.6. The minimum atomic E-state index is -2.80. The van der Waals surface area contributed by atoms with Crippen molar-refractivity contribution in [3.63, 3.8) is 0 Å². The molecule has 1 atom stereocenters. The molecule has 138 valence electrons. The molecule has 1 unspecified atom stereocenters. The summed E-state index contributed by atoms with van der Waals surface area (Å²) in [5.41, 5.74) is 0.581. The van der Waals surface area contributed by atoms with Crippen LogP contribution < -0.4 is 0 Å². The highest BCUT2D eigenvalue weighted by atomic mass is 32.2. The monoisotopic (exact) mass is 374 g/mol. The Morgan fingerprint density at radius 3 is 2.27 bits per heavy atom. The van der Waals surface area contributed by atoms with E-state index >= 15 is 0 Å². The van der Waals surface area contributed by atoms with Crippen LogP contribution in [-0.2, 0) is 20.2 Å². The molecule has 2 aromatic rings. The normalized spacial score (nSPS) is 13.5. The summed E-state index contributed by atoms with van der Waals surface area (Å²) in [6.07, 6.45) is 2.79. The molecule has 0 saturated heterocycles. The van der Waals surface area contributed by atoms with Crippen LogP contribution in [0.2, 0.25) is 0 Å². The predicted molar refractivity (Wildman–Crippen MR) is 100 cm³/mol. The molecule has 2 rings (SSSR count). The number of amides is 1. The van der Waals surface area contributed by atoms with E-state index in [9.17, 15) is 13.8 Å². The van der Waals surface area contributed by atoms with Crippen molar-refractivity contribution < 1.29 is 18.5 Å². The van der Waals surface area contributed by atoms with Crippen LogP contribution in [0.25, 0.3) is 0 Å². The van der Waals surface area contributed by atoms with Gasteiger partial charge in [0.1, 0.15) is 5.60 Å². The van der Waals surface area contributed by atoms with Gasteiger partial charge in [-0.1, -0.05) is 18.2 Å². The molecule has 26 heavy (non-hydrogen) atoms. The molecule has 0 fully saturated rings. The van der Waals surface area contributed by atoms with Crippen LogP contribution in [0.5, 0.6) is 0 Å². The quantitative estimate of drug-likeness (QED) is 0.765. The first kappa shape index (κ1) is 19.8. The lowest BCUT2D eigenvalue weighted by molar-refractivity contribution is 0.00689. The van der Waals surface area contributed by atoms with Gasteiger partial charge in [-0.25, -0.2) is 9.00 Å². The Morgan fingerprint density at radius 1 is 1.08 bits per heavy atom. The maximum Gasteiger partial charge on any atom is 0.340 e. The van der Waals surface area contributed by atoms with Gasteiger partial charge in [-0.05, 0) is 45.0 Å². The third kappa shape index (κ3) is 6.07. The van der Waals surface area contributed by atoms with Gasteiger partial charge in [0.25, 0.3) is 5.91 Å². The average molecular weight is 374 g/mol.